The van der Waals surface area contributed by atoms with E-state index in [1.54, 1.807) is 0 Å². The Labute approximate surface area is 123 Å². The molecule has 1 aliphatic heterocycles. The lowest BCUT2D eigenvalue weighted by molar-refractivity contribution is 0.500. The summed E-state index contributed by atoms with van der Waals surface area (Å²) < 4.78 is 0. The van der Waals surface area contributed by atoms with Gasteiger partial charge in [0.1, 0.15) is 0 Å². The third-order valence-electron chi connectivity index (χ3n) is 3.66. The van der Waals surface area contributed by atoms with Gasteiger partial charge in [0.2, 0.25) is 5.95 Å². The Hall–Kier alpha value is -1.59. The maximum absolute atomic E-state index is 6.00. The molecule has 1 unspecified atom stereocenters. The van der Waals surface area contributed by atoms with E-state index in [0.29, 0.717) is 0 Å². The number of nitrogens with one attached hydrogen (secondary N) is 1. The second-order valence-electron chi connectivity index (χ2n) is 5.29. The van der Waals surface area contributed by atoms with Crippen molar-refractivity contribution in [2.75, 3.05) is 18.0 Å². The van der Waals surface area contributed by atoms with Gasteiger partial charge in [0.25, 0.3) is 0 Å². The zero-order valence-corrected chi connectivity index (χ0v) is 12.2. The highest BCUT2D eigenvalue weighted by atomic mass is 35.5. The number of nitrogens with two attached hydrogens (primary N) is 1. The smallest absolute Gasteiger partial charge is 0.245 e. The van der Waals surface area contributed by atoms with Crippen LogP contribution < -0.4 is 10.6 Å². The average molecular weight is 292 g/mol. The predicted octanol–water partition coefficient (Wildman–Crippen LogP) is 2.36. The van der Waals surface area contributed by atoms with Crippen molar-refractivity contribution in [1.29, 1.82) is 0 Å². The molecule has 106 valence electrons. The number of rotatable bonds is 2. The van der Waals surface area contributed by atoms with Crippen LogP contribution in [0.1, 0.15) is 18.4 Å². The molecule has 1 fully saturated rings. The summed E-state index contributed by atoms with van der Waals surface area (Å²) in [7, 11) is 0. The van der Waals surface area contributed by atoms with E-state index in [1.807, 2.05) is 25.1 Å². The monoisotopic (exact) mass is 291 g/mol. The van der Waals surface area contributed by atoms with Crippen molar-refractivity contribution in [2.24, 2.45) is 5.73 Å². The molecule has 0 saturated carbocycles. The van der Waals surface area contributed by atoms with Crippen molar-refractivity contribution in [3.8, 4) is 11.4 Å². The number of aryl methyl sites for hydroxylation is 1. The molecule has 1 aromatic heterocycles. The minimum Gasteiger partial charge on any atom is -0.338 e. The van der Waals surface area contributed by atoms with Crippen LogP contribution in [0.15, 0.2) is 18.2 Å². The first-order valence-electron chi connectivity index (χ1n) is 6.83. The number of nitrogens with zero attached hydrogens (tertiary/aromatic N) is 3. The summed E-state index contributed by atoms with van der Waals surface area (Å²) in [6.45, 7) is 3.79. The van der Waals surface area contributed by atoms with Crippen LogP contribution >= 0.6 is 11.6 Å². The van der Waals surface area contributed by atoms with Gasteiger partial charge in [-0.15, -0.1) is 5.10 Å². The Morgan fingerprint density at radius 1 is 1.45 bits per heavy atom. The summed E-state index contributed by atoms with van der Waals surface area (Å²) in [4.78, 5) is 6.73. The highest BCUT2D eigenvalue weighted by Crippen LogP contribution is 2.25. The fourth-order valence-corrected chi connectivity index (χ4v) is 2.83. The Balaban J connectivity index is 1.86. The topological polar surface area (TPSA) is 70.8 Å². The first-order valence-corrected chi connectivity index (χ1v) is 7.21. The minimum atomic E-state index is 0.211. The van der Waals surface area contributed by atoms with Crippen LogP contribution in [-0.2, 0) is 0 Å². The molecule has 3 N–H and O–H groups in total. The predicted molar refractivity (Wildman–Crippen MR) is 81.0 cm³/mol. The van der Waals surface area contributed by atoms with Gasteiger partial charge in [-0.05, 0) is 43.5 Å². The van der Waals surface area contributed by atoms with Gasteiger partial charge in [0.05, 0.1) is 0 Å². The molecule has 5 nitrogen and oxygen atoms in total. The first kappa shape index (κ1) is 13.4. The van der Waals surface area contributed by atoms with E-state index < -0.39 is 0 Å². The standard InChI is InChI=1S/C14H18ClN5/c1-9-7-10(15)4-5-12(9)13-17-14(19-18-13)20-6-2-3-11(16)8-20/h4-5,7,11H,2-3,6,8,16H2,1H3,(H,17,18,19). The van der Waals surface area contributed by atoms with Crippen LogP contribution in [0.2, 0.25) is 5.02 Å². The molecule has 2 aromatic rings. The van der Waals surface area contributed by atoms with Gasteiger partial charge < -0.3 is 10.6 Å². The summed E-state index contributed by atoms with van der Waals surface area (Å²) >= 11 is 5.98. The van der Waals surface area contributed by atoms with Crippen LogP contribution in [0.4, 0.5) is 5.95 Å². The minimum absolute atomic E-state index is 0.211. The van der Waals surface area contributed by atoms with Crippen LogP contribution in [0, 0.1) is 6.92 Å². The highest BCUT2D eigenvalue weighted by Gasteiger charge is 2.20. The molecule has 1 aliphatic rings. The van der Waals surface area contributed by atoms with Crippen molar-refractivity contribution in [3.63, 3.8) is 0 Å². The molecule has 0 radical (unpaired) electrons. The number of benzene rings is 1. The third kappa shape index (κ3) is 2.64. The number of anilines is 1. The molecule has 6 heteroatoms. The molecule has 2 heterocycles. The van der Waals surface area contributed by atoms with E-state index in [2.05, 4.69) is 20.1 Å². The summed E-state index contributed by atoms with van der Waals surface area (Å²) in [6, 6.07) is 5.96. The van der Waals surface area contributed by atoms with Gasteiger partial charge in [-0.25, -0.2) is 0 Å². The van der Waals surface area contributed by atoms with Crippen LogP contribution in [0.5, 0.6) is 0 Å². The van der Waals surface area contributed by atoms with Crippen molar-refractivity contribution in [1.82, 2.24) is 15.2 Å². The lowest BCUT2D eigenvalue weighted by atomic mass is 10.1. The molecule has 0 bridgehead atoms. The lowest BCUT2D eigenvalue weighted by Crippen LogP contribution is -2.43. The summed E-state index contributed by atoms with van der Waals surface area (Å²) in [5.74, 6) is 1.50. The molecule has 20 heavy (non-hydrogen) atoms. The van der Waals surface area contributed by atoms with Gasteiger partial charge in [0.15, 0.2) is 5.82 Å². The lowest BCUT2D eigenvalue weighted by Gasteiger charge is -2.29. The SMILES string of the molecule is Cc1cc(Cl)ccc1-c1nc(N2CCCC(N)C2)n[nH]1. The number of piperidine rings is 1. The molecule has 1 atom stereocenters. The number of aromatic nitrogens is 3. The quantitative estimate of drug-likeness (QED) is 0.891. The van der Waals surface area contributed by atoms with E-state index in [4.69, 9.17) is 17.3 Å². The molecular weight excluding hydrogens is 274 g/mol. The second-order valence-corrected chi connectivity index (χ2v) is 5.73. The van der Waals surface area contributed by atoms with Crippen LogP contribution in [0.3, 0.4) is 0 Å². The number of hydrogen-bond acceptors (Lipinski definition) is 4. The Kier molecular flexibility index (Phi) is 3.63. The fraction of sp³-hybridized carbons (Fsp3) is 0.429. The van der Waals surface area contributed by atoms with Crippen molar-refractivity contribution < 1.29 is 0 Å². The highest BCUT2D eigenvalue weighted by molar-refractivity contribution is 6.30. The second kappa shape index (κ2) is 5.42. The number of halogens is 1. The van der Waals surface area contributed by atoms with Crippen molar-refractivity contribution in [3.05, 3.63) is 28.8 Å². The van der Waals surface area contributed by atoms with E-state index in [0.717, 1.165) is 53.9 Å². The van der Waals surface area contributed by atoms with Crippen LogP contribution in [-0.4, -0.2) is 34.3 Å². The third-order valence-corrected chi connectivity index (χ3v) is 3.89. The Morgan fingerprint density at radius 3 is 3.05 bits per heavy atom. The molecular formula is C14H18ClN5. The summed E-state index contributed by atoms with van der Waals surface area (Å²) in [6.07, 6.45) is 2.16. The van der Waals surface area contributed by atoms with Gasteiger partial charge in [-0.2, -0.15) is 4.98 Å². The van der Waals surface area contributed by atoms with Gasteiger partial charge in [-0.3, -0.25) is 5.10 Å². The maximum Gasteiger partial charge on any atom is 0.245 e. The molecule has 3 rings (SSSR count). The van der Waals surface area contributed by atoms with Gasteiger partial charge >= 0.3 is 0 Å². The largest absolute Gasteiger partial charge is 0.338 e. The van der Waals surface area contributed by atoms with E-state index in [-0.39, 0.29) is 6.04 Å². The van der Waals surface area contributed by atoms with Gasteiger partial charge in [0, 0.05) is 29.7 Å². The first-order chi connectivity index (χ1) is 9.63. The molecule has 1 saturated heterocycles. The summed E-state index contributed by atoms with van der Waals surface area (Å²) in [5, 5.41) is 8.05. The average Bonchev–Trinajstić information content (AvgIpc) is 2.88. The van der Waals surface area contributed by atoms with Crippen molar-refractivity contribution >= 4 is 17.5 Å². The number of H-pyrrole nitrogens is 1. The molecule has 0 amide bonds. The fourth-order valence-electron chi connectivity index (χ4n) is 2.60. The number of aromatic amines is 1. The molecule has 0 aliphatic carbocycles. The maximum atomic E-state index is 6.00. The van der Waals surface area contributed by atoms with E-state index in [9.17, 15) is 0 Å². The van der Waals surface area contributed by atoms with Gasteiger partial charge in [-0.1, -0.05) is 11.6 Å². The summed E-state index contributed by atoms with van der Waals surface area (Å²) in [5.41, 5.74) is 8.10. The zero-order chi connectivity index (χ0) is 14.1. The zero-order valence-electron chi connectivity index (χ0n) is 11.4. The molecule has 1 aromatic carbocycles. The Bertz CT molecular complexity index is 609. The normalized spacial score (nSPS) is 19.4. The molecule has 0 spiro atoms. The van der Waals surface area contributed by atoms with E-state index >= 15 is 0 Å². The van der Waals surface area contributed by atoms with Crippen LogP contribution in [0.25, 0.3) is 11.4 Å². The van der Waals surface area contributed by atoms with Crippen molar-refractivity contribution in [2.45, 2.75) is 25.8 Å². The number of hydrogen-bond donors (Lipinski definition) is 2. The van der Waals surface area contributed by atoms with E-state index in [1.165, 1.54) is 0 Å². The Morgan fingerprint density at radius 2 is 2.30 bits per heavy atom.